The number of hydrogen-bond donors (Lipinski definition) is 1. The van der Waals surface area contributed by atoms with Gasteiger partial charge in [-0.3, -0.25) is 0 Å². The van der Waals surface area contributed by atoms with Gasteiger partial charge < -0.3 is 15.2 Å². The average molecular weight is 213 g/mol. The zero-order chi connectivity index (χ0) is 10.7. The van der Waals surface area contributed by atoms with Crippen molar-refractivity contribution < 1.29 is 9.47 Å². The highest BCUT2D eigenvalue weighted by Gasteiger charge is 2.35. The van der Waals surface area contributed by atoms with Gasteiger partial charge in [0.25, 0.3) is 0 Å². The average Bonchev–Trinajstić information content (AvgIpc) is 2.93. The van der Waals surface area contributed by atoms with Crippen LogP contribution in [-0.4, -0.2) is 32.0 Å². The second-order valence-corrected chi connectivity index (χ2v) is 4.91. The van der Waals surface area contributed by atoms with E-state index < -0.39 is 0 Å². The van der Waals surface area contributed by atoms with E-state index in [9.17, 15) is 0 Å². The van der Waals surface area contributed by atoms with Crippen LogP contribution in [0.2, 0.25) is 0 Å². The molecular formula is C12H23NO2. The van der Waals surface area contributed by atoms with Crippen molar-refractivity contribution in [2.24, 2.45) is 11.7 Å². The molecular weight excluding hydrogens is 190 g/mol. The van der Waals surface area contributed by atoms with Crippen molar-refractivity contribution >= 4 is 0 Å². The van der Waals surface area contributed by atoms with Crippen LogP contribution in [0, 0.1) is 5.92 Å². The maximum atomic E-state index is 6.17. The monoisotopic (exact) mass is 213 g/mol. The standard InChI is InChI=1S/C12H23NO2/c1-14-12(9-4-5-9)11(13)7-6-10-3-2-8-15-10/h9-12H,2-8,13H2,1H3. The zero-order valence-electron chi connectivity index (χ0n) is 9.65. The molecule has 2 N–H and O–H groups in total. The molecule has 1 aliphatic heterocycles. The molecule has 1 heterocycles. The van der Waals surface area contributed by atoms with E-state index in [1.807, 2.05) is 0 Å². The van der Waals surface area contributed by atoms with Gasteiger partial charge in [0.1, 0.15) is 0 Å². The maximum absolute atomic E-state index is 6.17. The van der Waals surface area contributed by atoms with Gasteiger partial charge in [0.05, 0.1) is 12.2 Å². The summed E-state index contributed by atoms with van der Waals surface area (Å²) in [5.74, 6) is 0.731. The Bertz CT molecular complexity index is 188. The van der Waals surface area contributed by atoms with Gasteiger partial charge in [0, 0.05) is 19.8 Å². The van der Waals surface area contributed by atoms with Crippen molar-refractivity contribution in [1.82, 2.24) is 0 Å². The summed E-state index contributed by atoms with van der Waals surface area (Å²) < 4.78 is 11.1. The molecule has 1 aliphatic carbocycles. The number of nitrogens with two attached hydrogens (primary N) is 1. The fourth-order valence-electron chi connectivity index (χ4n) is 2.56. The van der Waals surface area contributed by atoms with Crippen LogP contribution in [0.1, 0.15) is 38.5 Å². The fourth-order valence-corrected chi connectivity index (χ4v) is 2.56. The van der Waals surface area contributed by atoms with Gasteiger partial charge in [0.15, 0.2) is 0 Å². The minimum Gasteiger partial charge on any atom is -0.380 e. The molecule has 1 saturated carbocycles. The number of methoxy groups -OCH3 is 1. The lowest BCUT2D eigenvalue weighted by Crippen LogP contribution is -2.38. The molecule has 0 spiro atoms. The van der Waals surface area contributed by atoms with Crippen LogP contribution in [0.5, 0.6) is 0 Å². The molecule has 3 atom stereocenters. The Morgan fingerprint density at radius 3 is 2.73 bits per heavy atom. The molecule has 0 amide bonds. The molecule has 2 rings (SSSR count). The summed E-state index contributed by atoms with van der Waals surface area (Å²) in [4.78, 5) is 0. The quantitative estimate of drug-likeness (QED) is 0.730. The number of ether oxygens (including phenoxy) is 2. The van der Waals surface area contributed by atoms with E-state index in [0.717, 1.165) is 25.4 Å². The molecule has 15 heavy (non-hydrogen) atoms. The summed E-state index contributed by atoms with van der Waals surface area (Å²) in [6.07, 6.45) is 7.93. The molecule has 3 unspecified atom stereocenters. The van der Waals surface area contributed by atoms with E-state index in [4.69, 9.17) is 15.2 Å². The Morgan fingerprint density at radius 2 is 2.20 bits per heavy atom. The second kappa shape index (κ2) is 5.28. The van der Waals surface area contributed by atoms with Crippen molar-refractivity contribution in [3.8, 4) is 0 Å². The first kappa shape index (κ1) is 11.4. The van der Waals surface area contributed by atoms with Crippen LogP contribution in [0.4, 0.5) is 0 Å². The minimum absolute atomic E-state index is 0.201. The molecule has 88 valence electrons. The normalized spacial score (nSPS) is 30.4. The van der Waals surface area contributed by atoms with Crippen molar-refractivity contribution in [1.29, 1.82) is 0 Å². The van der Waals surface area contributed by atoms with Crippen molar-refractivity contribution in [2.75, 3.05) is 13.7 Å². The smallest absolute Gasteiger partial charge is 0.0750 e. The molecule has 1 saturated heterocycles. The van der Waals surface area contributed by atoms with Gasteiger partial charge in [-0.25, -0.2) is 0 Å². The lowest BCUT2D eigenvalue weighted by Gasteiger charge is -2.23. The maximum Gasteiger partial charge on any atom is 0.0750 e. The van der Waals surface area contributed by atoms with Crippen molar-refractivity contribution in [2.45, 2.75) is 56.8 Å². The Morgan fingerprint density at radius 1 is 1.40 bits per heavy atom. The summed E-state index contributed by atoms with van der Waals surface area (Å²) in [6.45, 7) is 0.941. The van der Waals surface area contributed by atoms with E-state index in [0.29, 0.717) is 6.10 Å². The largest absolute Gasteiger partial charge is 0.380 e. The van der Waals surface area contributed by atoms with Crippen LogP contribution in [-0.2, 0) is 9.47 Å². The van der Waals surface area contributed by atoms with Crippen LogP contribution in [0.25, 0.3) is 0 Å². The Hall–Kier alpha value is -0.120. The Labute approximate surface area is 92.3 Å². The fraction of sp³-hybridized carbons (Fsp3) is 1.00. The second-order valence-electron chi connectivity index (χ2n) is 4.91. The van der Waals surface area contributed by atoms with E-state index >= 15 is 0 Å². The lowest BCUT2D eigenvalue weighted by atomic mass is 9.99. The van der Waals surface area contributed by atoms with Gasteiger partial charge >= 0.3 is 0 Å². The number of rotatable bonds is 6. The third-order valence-electron chi connectivity index (χ3n) is 3.63. The molecule has 2 fully saturated rings. The van der Waals surface area contributed by atoms with E-state index in [2.05, 4.69) is 0 Å². The highest BCUT2D eigenvalue weighted by atomic mass is 16.5. The van der Waals surface area contributed by atoms with Gasteiger partial charge in [-0.2, -0.15) is 0 Å². The van der Waals surface area contributed by atoms with Gasteiger partial charge in [-0.1, -0.05) is 0 Å². The molecule has 0 aromatic heterocycles. The molecule has 0 bridgehead atoms. The topological polar surface area (TPSA) is 44.5 Å². The number of hydrogen-bond acceptors (Lipinski definition) is 3. The van der Waals surface area contributed by atoms with E-state index in [1.54, 1.807) is 7.11 Å². The summed E-state index contributed by atoms with van der Waals surface area (Å²) in [5.41, 5.74) is 6.17. The first-order valence-electron chi connectivity index (χ1n) is 6.21. The highest BCUT2D eigenvalue weighted by Crippen LogP contribution is 2.36. The lowest BCUT2D eigenvalue weighted by molar-refractivity contribution is 0.0499. The molecule has 3 nitrogen and oxygen atoms in total. The van der Waals surface area contributed by atoms with Crippen LogP contribution in [0.3, 0.4) is 0 Å². The molecule has 0 aromatic carbocycles. The molecule has 0 radical (unpaired) electrons. The predicted molar refractivity (Wildman–Crippen MR) is 59.7 cm³/mol. The summed E-state index contributed by atoms with van der Waals surface area (Å²) in [7, 11) is 1.79. The predicted octanol–water partition coefficient (Wildman–Crippen LogP) is 1.70. The summed E-state index contributed by atoms with van der Waals surface area (Å²) in [5, 5.41) is 0. The Balaban J connectivity index is 1.67. The Kier molecular flexibility index (Phi) is 4.00. The van der Waals surface area contributed by atoms with E-state index in [1.165, 1.54) is 25.7 Å². The van der Waals surface area contributed by atoms with Crippen molar-refractivity contribution in [3.63, 3.8) is 0 Å². The third kappa shape index (κ3) is 3.16. The minimum atomic E-state index is 0.201. The van der Waals surface area contributed by atoms with Gasteiger partial charge in [-0.15, -0.1) is 0 Å². The summed E-state index contributed by atoms with van der Waals surface area (Å²) >= 11 is 0. The van der Waals surface area contributed by atoms with E-state index in [-0.39, 0.29) is 12.1 Å². The third-order valence-corrected chi connectivity index (χ3v) is 3.63. The zero-order valence-corrected chi connectivity index (χ0v) is 9.65. The van der Waals surface area contributed by atoms with Crippen LogP contribution in [0.15, 0.2) is 0 Å². The van der Waals surface area contributed by atoms with Crippen LogP contribution >= 0.6 is 0 Å². The van der Waals surface area contributed by atoms with Gasteiger partial charge in [-0.05, 0) is 44.4 Å². The highest BCUT2D eigenvalue weighted by molar-refractivity contribution is 4.89. The molecule has 3 heteroatoms. The molecule has 2 aliphatic rings. The first-order chi connectivity index (χ1) is 7.31. The summed E-state index contributed by atoms with van der Waals surface area (Å²) in [6, 6.07) is 0.201. The first-order valence-corrected chi connectivity index (χ1v) is 6.21. The SMILES string of the molecule is COC(C(N)CCC1CCCO1)C1CC1. The van der Waals surface area contributed by atoms with Crippen LogP contribution < -0.4 is 5.73 Å². The van der Waals surface area contributed by atoms with Crippen molar-refractivity contribution in [3.05, 3.63) is 0 Å². The van der Waals surface area contributed by atoms with Gasteiger partial charge in [0.2, 0.25) is 0 Å². The molecule has 0 aromatic rings.